The fraction of sp³-hybridized carbons (Fsp3) is 0.367. The van der Waals surface area contributed by atoms with Gasteiger partial charge >= 0.3 is 0 Å². The van der Waals surface area contributed by atoms with Crippen LogP contribution in [0.15, 0.2) is 77.7 Å². The topological polar surface area (TPSA) is 66.5 Å². The second-order valence-electron chi connectivity index (χ2n) is 9.83. The number of carbonyl (C=O) groups excluding carboxylic acids is 1. The van der Waals surface area contributed by atoms with Gasteiger partial charge in [-0.2, -0.15) is 0 Å². The maximum absolute atomic E-state index is 13.6. The zero-order valence-corrected chi connectivity index (χ0v) is 22.2. The molecule has 0 fully saturated rings. The van der Waals surface area contributed by atoms with Gasteiger partial charge in [-0.25, -0.2) is 8.42 Å². The van der Waals surface area contributed by atoms with Gasteiger partial charge < -0.3 is 5.32 Å². The van der Waals surface area contributed by atoms with Gasteiger partial charge in [0.2, 0.25) is 5.91 Å². The lowest BCUT2D eigenvalue weighted by Gasteiger charge is -2.26. The summed E-state index contributed by atoms with van der Waals surface area (Å²) < 4.78 is 28.4. The van der Waals surface area contributed by atoms with E-state index in [-0.39, 0.29) is 23.4 Å². The highest BCUT2D eigenvalue weighted by Gasteiger charge is 2.28. The van der Waals surface area contributed by atoms with Gasteiger partial charge in [0.05, 0.1) is 16.6 Å². The van der Waals surface area contributed by atoms with E-state index in [0.29, 0.717) is 11.6 Å². The third-order valence-corrected chi connectivity index (χ3v) is 8.77. The minimum absolute atomic E-state index is 0.160. The van der Waals surface area contributed by atoms with Crippen LogP contribution in [0.25, 0.3) is 0 Å². The van der Waals surface area contributed by atoms with Crippen molar-refractivity contribution in [1.29, 1.82) is 0 Å². The molecule has 0 heterocycles. The molecule has 36 heavy (non-hydrogen) atoms. The number of anilines is 1. The number of aryl methyl sites for hydroxylation is 2. The Morgan fingerprint density at radius 1 is 0.889 bits per heavy atom. The molecule has 1 aliphatic rings. The molecule has 6 heteroatoms. The molecular formula is C30H36N2O3S. The first-order valence-corrected chi connectivity index (χ1v) is 14.3. The van der Waals surface area contributed by atoms with Crippen LogP contribution in [0.2, 0.25) is 0 Å². The third-order valence-electron chi connectivity index (χ3n) is 6.98. The summed E-state index contributed by atoms with van der Waals surface area (Å²) >= 11 is 0. The van der Waals surface area contributed by atoms with Crippen LogP contribution in [0.5, 0.6) is 0 Å². The summed E-state index contributed by atoms with van der Waals surface area (Å²) in [6.45, 7) is 5.92. The van der Waals surface area contributed by atoms with Gasteiger partial charge in [0, 0.05) is 0 Å². The first-order chi connectivity index (χ1) is 17.3. The molecule has 0 spiro atoms. The third kappa shape index (κ3) is 5.81. The first kappa shape index (κ1) is 26.0. The maximum atomic E-state index is 13.6. The summed E-state index contributed by atoms with van der Waals surface area (Å²) in [5, 5.41) is 3.10. The number of sulfonamides is 1. The van der Waals surface area contributed by atoms with E-state index < -0.39 is 10.0 Å². The van der Waals surface area contributed by atoms with E-state index in [1.165, 1.54) is 28.3 Å². The highest BCUT2D eigenvalue weighted by atomic mass is 32.2. The van der Waals surface area contributed by atoms with Crippen molar-refractivity contribution in [3.63, 3.8) is 0 Å². The Morgan fingerprint density at radius 3 is 2.17 bits per heavy atom. The average Bonchev–Trinajstić information content (AvgIpc) is 2.90. The standard InChI is InChI=1S/C30H36N2O3S/c1-4-29(26-15-14-24-10-8-9-11-25(24)20-26)31-30(33)21-32(27-18-16-23(17-19-27)22(2)3)36(34,35)28-12-6-5-7-13-28/h5-7,12-20,22,29H,4,8-11,21H2,1-3H3,(H,31,33)/t29-/m0/s1. The van der Waals surface area contributed by atoms with E-state index >= 15 is 0 Å². The van der Waals surface area contributed by atoms with Gasteiger partial charge in [0.25, 0.3) is 10.0 Å². The zero-order chi connectivity index (χ0) is 25.7. The van der Waals surface area contributed by atoms with Crippen molar-refractivity contribution in [2.75, 3.05) is 10.8 Å². The van der Waals surface area contributed by atoms with Gasteiger partial charge in [0.15, 0.2) is 0 Å². The van der Waals surface area contributed by atoms with Gasteiger partial charge in [-0.1, -0.05) is 69.3 Å². The average molecular weight is 505 g/mol. The van der Waals surface area contributed by atoms with E-state index in [2.05, 4.69) is 37.4 Å². The summed E-state index contributed by atoms with van der Waals surface area (Å²) in [5.41, 5.74) is 5.42. The zero-order valence-electron chi connectivity index (χ0n) is 21.4. The van der Waals surface area contributed by atoms with Crippen LogP contribution in [0.3, 0.4) is 0 Å². The molecule has 3 aromatic carbocycles. The largest absolute Gasteiger partial charge is 0.348 e. The Balaban J connectivity index is 1.59. The molecule has 0 saturated carbocycles. The molecule has 0 aromatic heterocycles. The Kier molecular flexibility index (Phi) is 8.14. The molecular weight excluding hydrogens is 468 g/mol. The molecule has 1 aliphatic carbocycles. The molecule has 1 atom stereocenters. The molecule has 5 nitrogen and oxygen atoms in total. The molecule has 0 unspecified atom stereocenters. The van der Waals surface area contributed by atoms with Gasteiger partial charge in [-0.15, -0.1) is 0 Å². The Labute approximate surface area is 215 Å². The summed E-state index contributed by atoms with van der Waals surface area (Å²) in [6, 6.07) is 22.0. The smallest absolute Gasteiger partial charge is 0.264 e. The van der Waals surface area contributed by atoms with E-state index in [9.17, 15) is 13.2 Å². The second-order valence-corrected chi connectivity index (χ2v) is 11.7. The molecule has 3 aromatic rings. The fourth-order valence-electron chi connectivity index (χ4n) is 4.82. The predicted molar refractivity (Wildman–Crippen MR) is 146 cm³/mol. The Morgan fingerprint density at radius 2 is 1.53 bits per heavy atom. The number of carbonyl (C=O) groups is 1. The van der Waals surface area contributed by atoms with Crippen LogP contribution in [0.4, 0.5) is 5.69 Å². The number of benzene rings is 3. The highest BCUT2D eigenvalue weighted by molar-refractivity contribution is 7.92. The molecule has 0 aliphatic heterocycles. The first-order valence-electron chi connectivity index (χ1n) is 12.9. The minimum atomic E-state index is -3.93. The van der Waals surface area contributed by atoms with Crippen molar-refractivity contribution in [3.8, 4) is 0 Å². The van der Waals surface area contributed by atoms with E-state index in [0.717, 1.165) is 30.4 Å². The van der Waals surface area contributed by atoms with Gasteiger partial charge in [-0.05, 0) is 84.5 Å². The summed E-state index contributed by atoms with van der Waals surface area (Å²) in [5.74, 6) is -0.00419. The molecule has 4 rings (SSSR count). The van der Waals surface area contributed by atoms with Crippen molar-refractivity contribution in [1.82, 2.24) is 5.32 Å². The summed E-state index contributed by atoms with van der Waals surface area (Å²) in [7, 11) is -3.93. The molecule has 0 saturated heterocycles. The normalized spacial score (nSPS) is 14.2. The lowest BCUT2D eigenvalue weighted by Crippen LogP contribution is -2.42. The van der Waals surface area contributed by atoms with Crippen LogP contribution in [0, 0.1) is 0 Å². The Bertz CT molecular complexity index is 1290. The van der Waals surface area contributed by atoms with Crippen molar-refractivity contribution >= 4 is 21.6 Å². The molecule has 1 amide bonds. The van der Waals surface area contributed by atoms with Crippen molar-refractivity contribution in [2.24, 2.45) is 0 Å². The number of amides is 1. The van der Waals surface area contributed by atoms with Gasteiger partial charge in [0.1, 0.15) is 6.54 Å². The SMILES string of the molecule is CC[C@H](NC(=O)CN(c1ccc(C(C)C)cc1)S(=O)(=O)c1ccccc1)c1ccc2c(c1)CCCC2. The second kappa shape index (κ2) is 11.3. The number of rotatable bonds is 9. The van der Waals surface area contributed by atoms with Crippen LogP contribution < -0.4 is 9.62 Å². The molecule has 1 N–H and O–H groups in total. The van der Waals surface area contributed by atoms with Gasteiger partial charge in [-0.3, -0.25) is 9.10 Å². The molecule has 0 radical (unpaired) electrons. The van der Waals surface area contributed by atoms with Crippen LogP contribution in [0.1, 0.15) is 74.2 Å². The van der Waals surface area contributed by atoms with Crippen LogP contribution >= 0.6 is 0 Å². The van der Waals surface area contributed by atoms with E-state index in [4.69, 9.17) is 0 Å². The van der Waals surface area contributed by atoms with Crippen molar-refractivity contribution < 1.29 is 13.2 Å². The number of nitrogens with one attached hydrogen (secondary N) is 1. The minimum Gasteiger partial charge on any atom is -0.348 e. The number of fused-ring (bicyclic) bond motifs is 1. The lowest BCUT2D eigenvalue weighted by atomic mass is 9.89. The highest BCUT2D eigenvalue weighted by Crippen LogP contribution is 2.28. The quantitative estimate of drug-likeness (QED) is 0.380. The summed E-state index contributed by atoms with van der Waals surface area (Å²) in [6.07, 6.45) is 5.33. The summed E-state index contributed by atoms with van der Waals surface area (Å²) in [4.78, 5) is 13.5. The molecule has 190 valence electrons. The Hall–Kier alpha value is -3.12. The number of hydrogen-bond donors (Lipinski definition) is 1. The predicted octanol–water partition coefficient (Wildman–Crippen LogP) is 6.15. The monoisotopic (exact) mass is 504 g/mol. The maximum Gasteiger partial charge on any atom is 0.264 e. The van der Waals surface area contributed by atoms with E-state index in [1.54, 1.807) is 42.5 Å². The van der Waals surface area contributed by atoms with Crippen molar-refractivity contribution in [2.45, 2.75) is 69.7 Å². The number of hydrogen-bond acceptors (Lipinski definition) is 3. The van der Waals surface area contributed by atoms with Crippen LogP contribution in [-0.2, 0) is 27.7 Å². The lowest BCUT2D eigenvalue weighted by molar-refractivity contribution is -0.120. The van der Waals surface area contributed by atoms with E-state index in [1.807, 2.05) is 19.1 Å². The molecule has 0 bridgehead atoms. The van der Waals surface area contributed by atoms with Crippen LogP contribution in [-0.4, -0.2) is 20.9 Å². The fourth-order valence-corrected chi connectivity index (χ4v) is 6.26. The number of nitrogens with zero attached hydrogens (tertiary/aromatic N) is 1. The van der Waals surface area contributed by atoms with Crippen molar-refractivity contribution in [3.05, 3.63) is 95.1 Å².